The molecule has 2 heterocycles. The minimum Gasteiger partial charge on any atom is -0.508 e. The number of carbonyl (C=O) groups is 2. The van der Waals surface area contributed by atoms with Crippen LogP contribution in [0.2, 0.25) is 0 Å². The largest absolute Gasteiger partial charge is 0.508 e. The molecule has 1 fully saturated rings. The molecule has 3 atom stereocenters. The van der Waals surface area contributed by atoms with Gasteiger partial charge in [-0.2, -0.15) is 4.68 Å². The first-order valence-electron chi connectivity index (χ1n) is 15.5. The van der Waals surface area contributed by atoms with Crippen molar-refractivity contribution >= 4 is 29.3 Å². The molecule has 0 unspecified atom stereocenters. The summed E-state index contributed by atoms with van der Waals surface area (Å²) in [6, 6.07) is 21.7. The van der Waals surface area contributed by atoms with Gasteiger partial charge >= 0.3 is 0 Å². The SMILES string of the molecule is O=C(CCCCCCC(=O)Nc1cccc([C@@H]2O[C@H](CSc3nnnn3-c3ccc(O)cc3)C[C@H](c3ccc(CO)cc3)O2)c1)NO. The summed E-state index contributed by atoms with van der Waals surface area (Å²) >= 11 is 1.45. The van der Waals surface area contributed by atoms with Gasteiger partial charge in [-0.3, -0.25) is 14.8 Å². The number of phenolic OH excluding ortho intramolecular Hbond substituents is 1. The van der Waals surface area contributed by atoms with E-state index in [4.69, 9.17) is 14.7 Å². The summed E-state index contributed by atoms with van der Waals surface area (Å²) in [6.45, 7) is -0.0472. The Morgan fingerprint density at radius 1 is 0.915 bits per heavy atom. The molecule has 1 saturated heterocycles. The van der Waals surface area contributed by atoms with E-state index in [1.807, 2.05) is 48.5 Å². The number of ether oxygens (including phenoxy) is 2. The van der Waals surface area contributed by atoms with E-state index in [1.165, 1.54) is 11.8 Å². The smallest absolute Gasteiger partial charge is 0.243 e. The second-order valence-electron chi connectivity index (χ2n) is 11.2. The lowest BCUT2D eigenvalue weighted by molar-refractivity contribution is -0.245. The van der Waals surface area contributed by atoms with Gasteiger partial charge in [0.2, 0.25) is 17.0 Å². The number of aromatic nitrogens is 4. The molecule has 0 radical (unpaired) electrons. The molecular formula is C33H38N6O7S. The quantitative estimate of drug-likeness (QED) is 0.0501. The molecule has 1 aliphatic rings. The van der Waals surface area contributed by atoms with Crippen molar-refractivity contribution in [2.24, 2.45) is 0 Å². The van der Waals surface area contributed by atoms with Crippen molar-refractivity contribution in [1.82, 2.24) is 25.7 Å². The number of benzene rings is 3. The predicted octanol–water partition coefficient (Wildman–Crippen LogP) is 4.98. The fourth-order valence-corrected chi connectivity index (χ4v) is 6.09. The second kappa shape index (κ2) is 17.0. The molecule has 14 heteroatoms. The van der Waals surface area contributed by atoms with Crippen LogP contribution >= 0.6 is 11.8 Å². The third-order valence-corrected chi connectivity index (χ3v) is 8.72. The van der Waals surface area contributed by atoms with Gasteiger partial charge < -0.3 is 25.0 Å². The molecule has 13 nitrogen and oxygen atoms in total. The highest BCUT2D eigenvalue weighted by atomic mass is 32.2. The molecule has 0 saturated carbocycles. The molecule has 248 valence electrons. The van der Waals surface area contributed by atoms with Crippen molar-refractivity contribution in [3.05, 3.63) is 89.5 Å². The maximum atomic E-state index is 12.7. The Balaban J connectivity index is 1.24. The average molecular weight is 663 g/mol. The van der Waals surface area contributed by atoms with Gasteiger partial charge in [-0.05, 0) is 70.8 Å². The van der Waals surface area contributed by atoms with Crippen LogP contribution < -0.4 is 10.8 Å². The van der Waals surface area contributed by atoms with E-state index in [2.05, 4.69) is 20.8 Å². The number of rotatable bonds is 15. The van der Waals surface area contributed by atoms with Gasteiger partial charge in [-0.1, -0.05) is 61.0 Å². The molecule has 47 heavy (non-hydrogen) atoms. The molecule has 0 aliphatic carbocycles. The van der Waals surface area contributed by atoms with Crippen LogP contribution in [0.25, 0.3) is 5.69 Å². The first kappa shape index (κ1) is 34.0. The van der Waals surface area contributed by atoms with E-state index in [0.717, 1.165) is 29.5 Å². The minimum absolute atomic E-state index is 0.0472. The Morgan fingerprint density at radius 3 is 2.38 bits per heavy atom. The Bertz CT molecular complexity index is 1600. The van der Waals surface area contributed by atoms with Crippen LogP contribution in [0.5, 0.6) is 5.75 Å². The summed E-state index contributed by atoms with van der Waals surface area (Å²) in [6.07, 6.45) is 2.87. The van der Waals surface area contributed by atoms with E-state index in [9.17, 15) is 19.8 Å². The number of amides is 2. The molecule has 0 bridgehead atoms. The number of hydrogen-bond acceptors (Lipinski definition) is 11. The zero-order chi connectivity index (χ0) is 33.0. The van der Waals surface area contributed by atoms with Gasteiger partial charge in [0, 0.05) is 36.3 Å². The molecule has 4 aromatic rings. The highest BCUT2D eigenvalue weighted by Gasteiger charge is 2.33. The highest BCUT2D eigenvalue weighted by molar-refractivity contribution is 7.99. The first-order valence-corrected chi connectivity index (χ1v) is 16.4. The number of carbonyl (C=O) groups excluding carboxylic acids is 2. The Morgan fingerprint density at radius 2 is 1.66 bits per heavy atom. The number of anilines is 1. The van der Waals surface area contributed by atoms with Gasteiger partial charge in [0.25, 0.3) is 0 Å². The zero-order valence-corrected chi connectivity index (χ0v) is 26.5. The number of nitrogens with zero attached hydrogens (tertiary/aromatic N) is 4. The Labute approximate surface area is 276 Å². The number of thioether (sulfide) groups is 1. The van der Waals surface area contributed by atoms with Crippen molar-refractivity contribution in [3.63, 3.8) is 0 Å². The molecule has 3 aromatic carbocycles. The number of aliphatic hydroxyl groups is 1. The third-order valence-electron chi connectivity index (χ3n) is 7.67. The Hall–Kier alpha value is -4.34. The number of hydrogen-bond donors (Lipinski definition) is 5. The van der Waals surface area contributed by atoms with Crippen LogP contribution in [0.3, 0.4) is 0 Å². The van der Waals surface area contributed by atoms with Crippen LogP contribution in [0.1, 0.15) is 74.0 Å². The number of hydroxylamine groups is 1. The number of tetrazole rings is 1. The van der Waals surface area contributed by atoms with Crippen molar-refractivity contribution in [2.45, 2.75) is 75.2 Å². The van der Waals surface area contributed by atoms with Crippen molar-refractivity contribution in [1.29, 1.82) is 0 Å². The van der Waals surface area contributed by atoms with Crippen LogP contribution in [-0.2, 0) is 25.7 Å². The summed E-state index contributed by atoms with van der Waals surface area (Å²) < 4.78 is 14.5. The lowest BCUT2D eigenvalue weighted by atomic mass is 10.0. The number of unbranched alkanes of at least 4 members (excludes halogenated alkanes) is 3. The first-order chi connectivity index (χ1) is 22.9. The van der Waals surface area contributed by atoms with Gasteiger partial charge in [-0.25, -0.2) is 5.48 Å². The monoisotopic (exact) mass is 662 g/mol. The standard InChI is InChI=1S/C33H38N6O7S/c40-20-22-10-12-23(13-11-22)29-19-28(21-47-33-35-37-38-39(33)26-14-16-27(41)17-15-26)45-32(46-29)24-6-5-7-25(18-24)34-30(42)8-3-1-2-4-9-31(43)36-44/h5-7,10-18,28-29,32,40-41,44H,1-4,8-9,19-21H2,(H,34,42)(H,36,43)/t28-,29+,32+/m0/s1. The highest BCUT2D eigenvalue weighted by Crippen LogP contribution is 2.40. The lowest BCUT2D eigenvalue weighted by Gasteiger charge is -2.36. The van der Waals surface area contributed by atoms with Crippen LogP contribution in [0.4, 0.5) is 5.69 Å². The predicted molar refractivity (Wildman–Crippen MR) is 173 cm³/mol. The fourth-order valence-electron chi connectivity index (χ4n) is 5.18. The van der Waals surface area contributed by atoms with E-state index >= 15 is 0 Å². The van der Waals surface area contributed by atoms with E-state index in [0.29, 0.717) is 48.0 Å². The number of aliphatic hydroxyl groups excluding tert-OH is 1. The molecule has 5 N–H and O–H groups in total. The van der Waals surface area contributed by atoms with Crippen LogP contribution in [-0.4, -0.2) is 59.3 Å². The summed E-state index contributed by atoms with van der Waals surface area (Å²) in [5.41, 5.74) is 5.49. The Kier molecular flexibility index (Phi) is 12.3. The number of nitrogens with one attached hydrogen (secondary N) is 2. The normalized spacial score (nSPS) is 17.7. The summed E-state index contributed by atoms with van der Waals surface area (Å²) in [7, 11) is 0. The van der Waals surface area contributed by atoms with Gasteiger partial charge in [0.15, 0.2) is 6.29 Å². The van der Waals surface area contributed by atoms with E-state index in [1.54, 1.807) is 34.4 Å². The fraction of sp³-hybridized carbons (Fsp3) is 0.364. The molecular weight excluding hydrogens is 624 g/mol. The maximum Gasteiger partial charge on any atom is 0.243 e. The van der Waals surface area contributed by atoms with E-state index < -0.39 is 12.2 Å². The number of aromatic hydroxyl groups is 1. The molecule has 5 rings (SSSR count). The molecule has 2 amide bonds. The van der Waals surface area contributed by atoms with Crippen molar-refractivity contribution in [2.75, 3.05) is 11.1 Å². The van der Waals surface area contributed by atoms with Gasteiger partial charge in [0.1, 0.15) is 5.75 Å². The lowest BCUT2D eigenvalue weighted by Crippen LogP contribution is -2.31. The number of phenols is 1. The average Bonchev–Trinajstić information content (AvgIpc) is 3.57. The van der Waals surface area contributed by atoms with Crippen molar-refractivity contribution < 1.29 is 34.5 Å². The van der Waals surface area contributed by atoms with Gasteiger partial charge in [-0.15, -0.1) is 5.10 Å². The molecule has 1 aromatic heterocycles. The third kappa shape index (κ3) is 9.83. The minimum atomic E-state index is -0.710. The summed E-state index contributed by atoms with van der Waals surface area (Å²) in [5, 5.41) is 43.4. The second-order valence-corrected chi connectivity index (χ2v) is 12.2. The summed E-state index contributed by atoms with van der Waals surface area (Å²) in [4.78, 5) is 23.8. The zero-order valence-electron chi connectivity index (χ0n) is 25.7. The summed E-state index contributed by atoms with van der Waals surface area (Å²) in [5.74, 6) is 0.170. The maximum absolute atomic E-state index is 12.7. The molecule has 1 aliphatic heterocycles. The van der Waals surface area contributed by atoms with E-state index in [-0.39, 0.29) is 36.9 Å². The van der Waals surface area contributed by atoms with Crippen LogP contribution in [0.15, 0.2) is 78.0 Å². The molecule has 0 spiro atoms. The van der Waals surface area contributed by atoms with Crippen LogP contribution in [0, 0.1) is 0 Å². The topological polar surface area (TPSA) is 181 Å². The van der Waals surface area contributed by atoms with Crippen molar-refractivity contribution in [3.8, 4) is 11.4 Å². The van der Waals surface area contributed by atoms with Gasteiger partial charge in [0.05, 0.1) is 24.5 Å².